The number of aromatic nitrogens is 3. The minimum absolute atomic E-state index is 0.00795. The summed E-state index contributed by atoms with van der Waals surface area (Å²) >= 11 is 0. The molecule has 3 aromatic rings. The quantitative estimate of drug-likeness (QED) is 0.204. The number of fused-ring (bicyclic) bond motifs is 1. The molecule has 3 rings (SSSR count). The second-order valence-corrected chi connectivity index (χ2v) is 10.8. The van der Waals surface area contributed by atoms with Crippen LogP contribution in [-0.4, -0.2) is 38.0 Å². The highest BCUT2D eigenvalue weighted by Crippen LogP contribution is 2.29. The standard InChI is InChI=1S/C29H34F2N4O5/c1-18(2)15-19-20(30)16-21(31)26-25(19)33-23(35(26)28(39)40-29(3,4)5)17-34-13-10-11-22(27(34)38)32-24(37)12-8-6-7-9-14-36/h7,9-11,13-14,16,18H,6,8,12,15,17H2,1-5H3,(H,32,37)/b9-7+. The van der Waals surface area contributed by atoms with Crippen molar-refractivity contribution in [1.29, 1.82) is 0 Å². The van der Waals surface area contributed by atoms with Gasteiger partial charge in [-0.15, -0.1) is 0 Å². The Kier molecular flexibility index (Phi) is 9.73. The fourth-order valence-corrected chi connectivity index (χ4v) is 4.14. The first kappa shape index (κ1) is 30.4. The SMILES string of the molecule is CC(C)Cc1c(F)cc(F)c2c1nc(Cn1cccc(NC(=O)CCC/C=C/C=O)c1=O)n2C(=O)OC(C)(C)C. The largest absolute Gasteiger partial charge is 0.443 e. The van der Waals surface area contributed by atoms with Crippen LogP contribution in [0.3, 0.4) is 0 Å². The molecule has 1 aromatic carbocycles. The number of halogens is 2. The smallest absolute Gasteiger partial charge is 0.420 e. The molecule has 0 radical (unpaired) electrons. The number of unbranched alkanes of at least 4 members (excludes halogenated alkanes) is 1. The molecule has 1 N–H and O–H groups in total. The topological polar surface area (TPSA) is 112 Å². The van der Waals surface area contributed by atoms with Crippen LogP contribution < -0.4 is 10.9 Å². The van der Waals surface area contributed by atoms with Crippen LogP contribution in [0, 0.1) is 17.6 Å². The third kappa shape index (κ3) is 7.49. The zero-order valence-electron chi connectivity index (χ0n) is 23.3. The molecular weight excluding hydrogens is 522 g/mol. The van der Waals surface area contributed by atoms with Gasteiger partial charge in [0.2, 0.25) is 5.91 Å². The number of aldehydes is 1. The fraction of sp³-hybridized carbons (Fsp3) is 0.414. The molecule has 2 heterocycles. The first-order valence-corrected chi connectivity index (χ1v) is 13.0. The number of carbonyl (C=O) groups excluding carboxylic acids is 3. The Morgan fingerprint density at radius 2 is 1.93 bits per heavy atom. The molecule has 0 unspecified atom stereocenters. The maximum absolute atomic E-state index is 15.2. The molecule has 0 saturated carbocycles. The van der Waals surface area contributed by atoms with Crippen LogP contribution in [0.2, 0.25) is 0 Å². The number of hydrogen-bond donors (Lipinski definition) is 1. The molecule has 1 amide bonds. The molecule has 9 nitrogen and oxygen atoms in total. The van der Waals surface area contributed by atoms with Gasteiger partial charge in [0.05, 0.1) is 12.1 Å². The van der Waals surface area contributed by atoms with E-state index in [9.17, 15) is 23.6 Å². The van der Waals surface area contributed by atoms with Crippen molar-refractivity contribution in [3.63, 3.8) is 0 Å². The van der Waals surface area contributed by atoms with E-state index >= 15 is 4.39 Å². The summed E-state index contributed by atoms with van der Waals surface area (Å²) in [5.41, 5.74) is -1.59. The number of pyridine rings is 1. The Labute approximate surface area is 230 Å². The summed E-state index contributed by atoms with van der Waals surface area (Å²) in [5.74, 6) is -2.16. The normalized spacial score (nSPS) is 11.9. The lowest BCUT2D eigenvalue weighted by atomic mass is 10.0. The number of hydrogen-bond acceptors (Lipinski definition) is 6. The maximum Gasteiger partial charge on any atom is 0.420 e. The summed E-state index contributed by atoms with van der Waals surface area (Å²) in [6, 6.07) is 3.70. The van der Waals surface area contributed by atoms with E-state index in [2.05, 4.69) is 10.3 Å². The van der Waals surface area contributed by atoms with Crippen molar-refractivity contribution >= 4 is 35.0 Å². The molecule has 0 aliphatic carbocycles. The number of allylic oxidation sites excluding steroid dienone is 2. The lowest BCUT2D eigenvalue weighted by molar-refractivity contribution is -0.116. The first-order valence-electron chi connectivity index (χ1n) is 13.0. The van der Waals surface area contributed by atoms with E-state index in [-0.39, 0.29) is 59.3 Å². The summed E-state index contributed by atoms with van der Waals surface area (Å²) in [6.07, 6.45) is 5.56. The number of rotatable bonds is 10. The van der Waals surface area contributed by atoms with Gasteiger partial charge in [0, 0.05) is 24.2 Å². The van der Waals surface area contributed by atoms with E-state index in [1.807, 2.05) is 13.8 Å². The average Bonchev–Trinajstić information content (AvgIpc) is 3.22. The van der Waals surface area contributed by atoms with Crippen LogP contribution in [-0.2, 0) is 27.3 Å². The molecular formula is C29H34F2N4O5. The third-order valence-corrected chi connectivity index (χ3v) is 5.78. The average molecular weight is 557 g/mol. The molecule has 0 fully saturated rings. The molecule has 11 heteroatoms. The van der Waals surface area contributed by atoms with Crippen LogP contribution in [0.25, 0.3) is 11.0 Å². The van der Waals surface area contributed by atoms with Gasteiger partial charge in [-0.1, -0.05) is 19.9 Å². The molecule has 2 aromatic heterocycles. The van der Waals surface area contributed by atoms with Crippen LogP contribution in [0.1, 0.15) is 65.3 Å². The van der Waals surface area contributed by atoms with Gasteiger partial charge in [0.1, 0.15) is 34.7 Å². The van der Waals surface area contributed by atoms with Gasteiger partial charge in [-0.05, 0) is 64.2 Å². The molecule has 214 valence electrons. The van der Waals surface area contributed by atoms with E-state index in [1.165, 1.54) is 29.0 Å². The molecule has 0 aliphatic heterocycles. The molecule has 0 bridgehead atoms. The number of anilines is 1. The third-order valence-electron chi connectivity index (χ3n) is 5.78. The van der Waals surface area contributed by atoms with E-state index in [0.717, 1.165) is 10.6 Å². The van der Waals surface area contributed by atoms with Gasteiger partial charge in [-0.2, -0.15) is 0 Å². The number of nitrogens with one attached hydrogen (secondary N) is 1. The van der Waals surface area contributed by atoms with Crippen molar-refractivity contribution in [2.45, 2.75) is 72.4 Å². The van der Waals surface area contributed by atoms with Crippen LogP contribution in [0.4, 0.5) is 19.3 Å². The summed E-state index contributed by atoms with van der Waals surface area (Å²) < 4.78 is 37.7. The van der Waals surface area contributed by atoms with Crippen LogP contribution >= 0.6 is 0 Å². The van der Waals surface area contributed by atoms with Crippen molar-refractivity contribution in [2.24, 2.45) is 5.92 Å². The Bertz CT molecular complexity index is 1500. The van der Waals surface area contributed by atoms with Gasteiger partial charge in [0.15, 0.2) is 5.82 Å². The molecule has 0 saturated heterocycles. The molecule has 0 aliphatic rings. The Morgan fingerprint density at radius 3 is 2.58 bits per heavy atom. The number of benzene rings is 1. The van der Waals surface area contributed by atoms with Crippen molar-refractivity contribution in [1.82, 2.24) is 14.1 Å². The minimum Gasteiger partial charge on any atom is -0.443 e. The number of ether oxygens (including phenoxy) is 1. The molecule has 40 heavy (non-hydrogen) atoms. The highest BCUT2D eigenvalue weighted by Gasteiger charge is 2.28. The lowest BCUT2D eigenvalue weighted by Gasteiger charge is -2.20. The van der Waals surface area contributed by atoms with Gasteiger partial charge in [0.25, 0.3) is 5.56 Å². The van der Waals surface area contributed by atoms with E-state index in [4.69, 9.17) is 4.74 Å². The minimum atomic E-state index is -0.985. The fourth-order valence-electron chi connectivity index (χ4n) is 4.14. The van der Waals surface area contributed by atoms with Crippen LogP contribution in [0.5, 0.6) is 0 Å². The van der Waals surface area contributed by atoms with Crippen LogP contribution in [0.15, 0.2) is 41.3 Å². The Balaban J connectivity index is 2.04. The highest BCUT2D eigenvalue weighted by atomic mass is 19.1. The number of nitrogens with zero attached hydrogens (tertiary/aromatic N) is 3. The van der Waals surface area contributed by atoms with Crippen molar-refractivity contribution in [2.75, 3.05) is 5.32 Å². The second kappa shape index (κ2) is 12.8. The Morgan fingerprint density at radius 1 is 1.20 bits per heavy atom. The number of amides is 1. The summed E-state index contributed by atoms with van der Waals surface area (Å²) in [7, 11) is 0. The van der Waals surface area contributed by atoms with Gasteiger partial charge < -0.3 is 14.6 Å². The van der Waals surface area contributed by atoms with Crippen molar-refractivity contribution in [3.8, 4) is 0 Å². The second-order valence-electron chi connectivity index (χ2n) is 10.8. The van der Waals surface area contributed by atoms with E-state index in [0.29, 0.717) is 19.1 Å². The Hall–Kier alpha value is -4.15. The van der Waals surface area contributed by atoms with Gasteiger partial charge in [-0.3, -0.25) is 14.4 Å². The molecule has 0 spiro atoms. The predicted molar refractivity (Wildman–Crippen MR) is 147 cm³/mol. The summed E-state index contributed by atoms with van der Waals surface area (Å²) in [4.78, 5) is 53.6. The first-order chi connectivity index (χ1) is 18.8. The van der Waals surface area contributed by atoms with Crippen molar-refractivity contribution < 1.29 is 27.9 Å². The van der Waals surface area contributed by atoms with Crippen molar-refractivity contribution in [3.05, 3.63) is 69.9 Å². The monoisotopic (exact) mass is 556 g/mol. The maximum atomic E-state index is 15.2. The predicted octanol–water partition coefficient (Wildman–Crippen LogP) is 5.37. The molecule has 0 atom stereocenters. The van der Waals surface area contributed by atoms with E-state index in [1.54, 1.807) is 26.8 Å². The van der Waals surface area contributed by atoms with E-state index < -0.39 is 28.9 Å². The summed E-state index contributed by atoms with van der Waals surface area (Å²) in [5, 5.41) is 2.58. The lowest BCUT2D eigenvalue weighted by Crippen LogP contribution is -2.30. The highest BCUT2D eigenvalue weighted by molar-refractivity contribution is 5.91. The zero-order chi connectivity index (χ0) is 29.6. The van der Waals surface area contributed by atoms with Gasteiger partial charge >= 0.3 is 6.09 Å². The zero-order valence-corrected chi connectivity index (χ0v) is 23.3. The van der Waals surface area contributed by atoms with Gasteiger partial charge in [-0.25, -0.2) is 23.1 Å². The number of imidazole rings is 1. The summed E-state index contributed by atoms with van der Waals surface area (Å²) in [6.45, 7) is 8.43. The number of carbonyl (C=O) groups is 3.